The fraction of sp³-hybridized carbons (Fsp3) is 0.827. The van der Waals surface area contributed by atoms with Crippen molar-refractivity contribution in [1.29, 1.82) is 0 Å². The molecule has 6 nitrogen and oxygen atoms in total. The smallest absolute Gasteiger partial charge is 0.306 e. The predicted octanol–water partition coefficient (Wildman–Crippen LogP) is 16.1. The van der Waals surface area contributed by atoms with Crippen LogP contribution in [0.25, 0.3) is 0 Å². The van der Waals surface area contributed by atoms with Crippen molar-refractivity contribution in [3.8, 4) is 0 Å². The molecule has 58 heavy (non-hydrogen) atoms. The Balaban J connectivity index is 4.37. The summed E-state index contributed by atoms with van der Waals surface area (Å²) in [7, 11) is 0. The van der Waals surface area contributed by atoms with E-state index in [0.717, 1.165) is 96.3 Å². The van der Waals surface area contributed by atoms with E-state index in [1.165, 1.54) is 122 Å². The summed E-state index contributed by atoms with van der Waals surface area (Å²) in [4.78, 5) is 37.9. The molecule has 0 fully saturated rings. The number of carbonyl (C=O) groups is 3. The highest BCUT2D eigenvalue weighted by Gasteiger charge is 2.19. The molecule has 0 unspecified atom stereocenters. The quantitative estimate of drug-likeness (QED) is 0.0264. The number of carbonyl (C=O) groups excluding carboxylic acids is 3. The SMILES string of the molecule is CC/C=C\C/C=C\C/C=C\CCCCCCCC(=O)OC[C@@H](COC(=O)CCCCCCCCCCCCC)OC(=O)CCCCCCCCCCCCCCCC. The molecule has 0 aromatic heterocycles. The zero-order valence-corrected chi connectivity index (χ0v) is 38.6. The molecule has 0 aliphatic rings. The molecule has 0 saturated carbocycles. The lowest BCUT2D eigenvalue weighted by Gasteiger charge is -2.18. The van der Waals surface area contributed by atoms with E-state index in [1.54, 1.807) is 0 Å². The Morgan fingerprint density at radius 3 is 1.05 bits per heavy atom. The van der Waals surface area contributed by atoms with Crippen LogP contribution in [-0.4, -0.2) is 37.2 Å². The molecule has 0 radical (unpaired) electrons. The third-order valence-corrected chi connectivity index (χ3v) is 10.9. The lowest BCUT2D eigenvalue weighted by molar-refractivity contribution is -0.167. The Labute approximate surface area is 359 Å². The van der Waals surface area contributed by atoms with Gasteiger partial charge in [-0.05, 0) is 51.4 Å². The molecule has 0 amide bonds. The van der Waals surface area contributed by atoms with Crippen molar-refractivity contribution in [3.63, 3.8) is 0 Å². The summed E-state index contributed by atoms with van der Waals surface area (Å²) in [5, 5.41) is 0. The Kier molecular flexibility index (Phi) is 45.4. The average Bonchev–Trinajstić information content (AvgIpc) is 3.22. The molecule has 0 spiro atoms. The molecular weight excluding hydrogens is 721 g/mol. The van der Waals surface area contributed by atoms with E-state index in [4.69, 9.17) is 14.2 Å². The van der Waals surface area contributed by atoms with E-state index in [9.17, 15) is 14.4 Å². The van der Waals surface area contributed by atoms with E-state index in [-0.39, 0.29) is 31.1 Å². The average molecular weight is 815 g/mol. The fourth-order valence-corrected chi connectivity index (χ4v) is 7.16. The van der Waals surface area contributed by atoms with Crippen LogP contribution in [0.2, 0.25) is 0 Å². The maximum atomic E-state index is 12.8. The van der Waals surface area contributed by atoms with Crippen molar-refractivity contribution in [2.24, 2.45) is 0 Å². The molecule has 1 atom stereocenters. The number of unbranched alkanes of at least 4 members (excludes halogenated alkanes) is 28. The maximum Gasteiger partial charge on any atom is 0.306 e. The molecule has 0 N–H and O–H groups in total. The highest BCUT2D eigenvalue weighted by molar-refractivity contribution is 5.71. The van der Waals surface area contributed by atoms with E-state index in [2.05, 4.69) is 57.2 Å². The Hall–Kier alpha value is -2.37. The Bertz CT molecular complexity index is 984. The summed E-state index contributed by atoms with van der Waals surface area (Å²) in [5.41, 5.74) is 0. The lowest BCUT2D eigenvalue weighted by Crippen LogP contribution is -2.30. The summed E-state index contributed by atoms with van der Waals surface area (Å²) in [6, 6.07) is 0. The van der Waals surface area contributed by atoms with Gasteiger partial charge >= 0.3 is 17.9 Å². The number of hydrogen-bond acceptors (Lipinski definition) is 6. The van der Waals surface area contributed by atoms with Gasteiger partial charge in [-0.15, -0.1) is 0 Å². The predicted molar refractivity (Wildman–Crippen MR) is 247 cm³/mol. The molecule has 0 heterocycles. The standard InChI is InChI=1S/C52H94O6/c1-4-7-10-13-16-19-22-24-26-28-30-33-36-39-42-45-51(54)57-48-49(47-56-50(53)44-41-38-35-32-29-21-18-15-12-9-6-3)58-52(55)46-43-40-37-34-31-27-25-23-20-17-14-11-8-5-2/h7,10,16,19,24,26,49H,4-6,8-9,11-15,17-18,20-23,25,27-48H2,1-3H3/b10-7-,19-16-,26-24-/t49-/m1/s1. The molecule has 0 bridgehead atoms. The minimum atomic E-state index is -0.772. The van der Waals surface area contributed by atoms with Crippen LogP contribution in [0.4, 0.5) is 0 Å². The van der Waals surface area contributed by atoms with Gasteiger partial charge < -0.3 is 14.2 Å². The maximum absolute atomic E-state index is 12.8. The second-order valence-corrected chi connectivity index (χ2v) is 16.7. The van der Waals surface area contributed by atoms with Gasteiger partial charge in [-0.25, -0.2) is 0 Å². The monoisotopic (exact) mass is 815 g/mol. The first-order chi connectivity index (χ1) is 28.5. The van der Waals surface area contributed by atoms with Crippen LogP contribution < -0.4 is 0 Å². The summed E-state index contributed by atoms with van der Waals surface area (Å²) in [6.45, 7) is 6.52. The molecule has 0 saturated heterocycles. The van der Waals surface area contributed by atoms with Gasteiger partial charge in [-0.1, -0.05) is 224 Å². The van der Waals surface area contributed by atoms with E-state index < -0.39 is 6.10 Å². The third-order valence-electron chi connectivity index (χ3n) is 10.9. The largest absolute Gasteiger partial charge is 0.462 e. The summed E-state index contributed by atoms with van der Waals surface area (Å²) < 4.78 is 16.8. The summed E-state index contributed by atoms with van der Waals surface area (Å²) in [5.74, 6) is -0.882. The highest BCUT2D eigenvalue weighted by Crippen LogP contribution is 2.16. The summed E-state index contributed by atoms with van der Waals surface area (Å²) in [6.07, 6.45) is 54.1. The molecule has 6 heteroatoms. The minimum absolute atomic E-state index is 0.0737. The van der Waals surface area contributed by atoms with E-state index in [1.807, 2.05) is 0 Å². The Morgan fingerprint density at radius 2 is 0.672 bits per heavy atom. The van der Waals surface area contributed by atoms with Crippen LogP contribution >= 0.6 is 0 Å². The molecular formula is C52H94O6. The fourth-order valence-electron chi connectivity index (χ4n) is 7.16. The number of allylic oxidation sites excluding steroid dienone is 6. The topological polar surface area (TPSA) is 78.9 Å². The molecule has 0 aromatic rings. The van der Waals surface area contributed by atoms with Crippen molar-refractivity contribution in [1.82, 2.24) is 0 Å². The first-order valence-electron chi connectivity index (χ1n) is 25.0. The van der Waals surface area contributed by atoms with Gasteiger partial charge in [0, 0.05) is 19.3 Å². The number of ether oxygens (including phenoxy) is 3. The van der Waals surface area contributed by atoms with Gasteiger partial charge in [0.2, 0.25) is 0 Å². The van der Waals surface area contributed by atoms with Gasteiger partial charge in [0.15, 0.2) is 6.10 Å². The van der Waals surface area contributed by atoms with Crippen LogP contribution in [0.15, 0.2) is 36.5 Å². The van der Waals surface area contributed by atoms with Crippen LogP contribution in [0.3, 0.4) is 0 Å². The van der Waals surface area contributed by atoms with Crippen LogP contribution in [0.1, 0.15) is 258 Å². The zero-order valence-electron chi connectivity index (χ0n) is 38.6. The van der Waals surface area contributed by atoms with Crippen molar-refractivity contribution < 1.29 is 28.6 Å². The van der Waals surface area contributed by atoms with Gasteiger partial charge in [-0.2, -0.15) is 0 Å². The van der Waals surface area contributed by atoms with Crippen molar-refractivity contribution in [3.05, 3.63) is 36.5 Å². The van der Waals surface area contributed by atoms with Crippen LogP contribution in [0, 0.1) is 0 Å². The van der Waals surface area contributed by atoms with Gasteiger partial charge in [-0.3, -0.25) is 14.4 Å². The summed E-state index contributed by atoms with van der Waals surface area (Å²) >= 11 is 0. The van der Waals surface area contributed by atoms with E-state index >= 15 is 0 Å². The minimum Gasteiger partial charge on any atom is -0.462 e. The van der Waals surface area contributed by atoms with Gasteiger partial charge in [0.05, 0.1) is 0 Å². The second kappa shape index (κ2) is 47.3. The molecule has 338 valence electrons. The van der Waals surface area contributed by atoms with Crippen molar-refractivity contribution in [2.45, 2.75) is 264 Å². The van der Waals surface area contributed by atoms with Crippen molar-refractivity contribution >= 4 is 17.9 Å². The number of rotatable bonds is 45. The first kappa shape index (κ1) is 55.6. The first-order valence-corrected chi connectivity index (χ1v) is 25.0. The van der Waals surface area contributed by atoms with Crippen LogP contribution in [-0.2, 0) is 28.6 Å². The molecule has 0 aromatic carbocycles. The van der Waals surface area contributed by atoms with E-state index in [0.29, 0.717) is 19.3 Å². The van der Waals surface area contributed by atoms with Crippen molar-refractivity contribution in [2.75, 3.05) is 13.2 Å². The van der Waals surface area contributed by atoms with Gasteiger partial charge in [0.25, 0.3) is 0 Å². The zero-order chi connectivity index (χ0) is 42.3. The van der Waals surface area contributed by atoms with Crippen LogP contribution in [0.5, 0.6) is 0 Å². The molecule has 0 aliphatic heterocycles. The van der Waals surface area contributed by atoms with Gasteiger partial charge in [0.1, 0.15) is 13.2 Å². The third kappa shape index (κ3) is 44.7. The number of esters is 3. The molecule has 0 rings (SSSR count). The lowest BCUT2D eigenvalue weighted by atomic mass is 10.0. The normalized spacial score (nSPS) is 12.3. The highest BCUT2D eigenvalue weighted by atomic mass is 16.6. The molecule has 0 aliphatic carbocycles. The second-order valence-electron chi connectivity index (χ2n) is 16.7. The Morgan fingerprint density at radius 1 is 0.362 bits per heavy atom. The number of hydrogen-bond donors (Lipinski definition) is 0.